The number of hydrogen-bond donors (Lipinski definition) is 2. The number of ether oxygens (including phenoxy) is 1. The monoisotopic (exact) mass is 300 g/mol. The van der Waals surface area contributed by atoms with Crippen LogP contribution in [0.2, 0.25) is 0 Å². The van der Waals surface area contributed by atoms with E-state index in [-0.39, 0.29) is 11.9 Å². The van der Waals surface area contributed by atoms with Crippen LogP contribution in [0.3, 0.4) is 0 Å². The lowest BCUT2D eigenvalue weighted by Crippen LogP contribution is -2.32. The van der Waals surface area contributed by atoms with E-state index in [1.165, 1.54) is 0 Å². The second-order valence-electron chi connectivity index (χ2n) is 4.89. The molecule has 0 radical (unpaired) electrons. The molecule has 22 heavy (non-hydrogen) atoms. The number of rotatable bonds is 5. The van der Waals surface area contributed by atoms with Crippen LogP contribution in [0.4, 0.5) is 0 Å². The van der Waals surface area contributed by atoms with Crippen molar-refractivity contribution in [2.24, 2.45) is 7.05 Å². The van der Waals surface area contributed by atoms with Gasteiger partial charge in [0.25, 0.3) is 5.91 Å². The Kier molecular flexibility index (Phi) is 3.84. The van der Waals surface area contributed by atoms with E-state index in [1.54, 1.807) is 36.2 Å². The maximum absolute atomic E-state index is 12.4. The molecule has 0 saturated heterocycles. The molecule has 8 nitrogen and oxygen atoms in total. The highest BCUT2D eigenvalue weighted by molar-refractivity contribution is 5.97. The highest BCUT2D eigenvalue weighted by atomic mass is 16.5. The minimum Gasteiger partial charge on any atom is -0.382 e. The van der Waals surface area contributed by atoms with Crippen molar-refractivity contribution in [2.75, 3.05) is 13.7 Å². The summed E-state index contributed by atoms with van der Waals surface area (Å²) >= 11 is 0. The fraction of sp³-hybridized carbons (Fsp3) is 0.286. The van der Waals surface area contributed by atoms with Gasteiger partial charge in [-0.2, -0.15) is 20.5 Å². The van der Waals surface area contributed by atoms with Crippen LogP contribution in [0.25, 0.3) is 11.0 Å². The number of hydrogen-bond acceptors (Lipinski definition) is 5. The minimum absolute atomic E-state index is 0.201. The number of fused-ring (bicyclic) bond motifs is 1. The predicted molar refractivity (Wildman–Crippen MR) is 79.2 cm³/mol. The Morgan fingerprint density at radius 3 is 2.91 bits per heavy atom. The third-order valence-corrected chi connectivity index (χ3v) is 3.43. The van der Waals surface area contributed by atoms with Gasteiger partial charge in [-0.3, -0.25) is 9.48 Å². The number of aryl methyl sites for hydroxylation is 1. The molecule has 0 spiro atoms. The molecular weight excluding hydrogens is 284 g/mol. The average molecular weight is 300 g/mol. The minimum atomic E-state index is -0.280. The molecule has 0 aliphatic rings. The van der Waals surface area contributed by atoms with Gasteiger partial charge in [-0.25, -0.2) is 0 Å². The standard InChI is InChI=1S/C14H16N6O2/c1-20-13(5-6-15-20)12(8-22-2)16-14(21)9-3-4-10-11(7-9)18-19-17-10/h3-7,12H,8H2,1-2H3,(H,16,21)(H,17,18,19)/t12-/m0/s1. The van der Waals surface area contributed by atoms with Crippen molar-refractivity contribution in [1.29, 1.82) is 0 Å². The Balaban J connectivity index is 1.82. The van der Waals surface area contributed by atoms with Crippen LogP contribution < -0.4 is 5.32 Å². The summed E-state index contributed by atoms with van der Waals surface area (Å²) in [7, 11) is 3.42. The summed E-state index contributed by atoms with van der Waals surface area (Å²) < 4.78 is 6.91. The van der Waals surface area contributed by atoms with E-state index in [0.717, 1.165) is 11.2 Å². The van der Waals surface area contributed by atoms with Crippen LogP contribution in [-0.2, 0) is 11.8 Å². The van der Waals surface area contributed by atoms with Gasteiger partial charge in [0.05, 0.1) is 18.3 Å². The molecule has 1 atom stereocenters. The normalized spacial score (nSPS) is 12.5. The van der Waals surface area contributed by atoms with Gasteiger partial charge in [-0.05, 0) is 24.3 Å². The van der Waals surface area contributed by atoms with Gasteiger partial charge in [-0.1, -0.05) is 0 Å². The van der Waals surface area contributed by atoms with E-state index in [2.05, 4.69) is 25.8 Å². The quantitative estimate of drug-likeness (QED) is 0.726. The number of carbonyl (C=O) groups is 1. The van der Waals surface area contributed by atoms with E-state index in [0.29, 0.717) is 17.7 Å². The summed E-state index contributed by atoms with van der Waals surface area (Å²) in [4.78, 5) is 12.4. The molecule has 2 aromatic heterocycles. The van der Waals surface area contributed by atoms with Gasteiger partial charge >= 0.3 is 0 Å². The van der Waals surface area contributed by atoms with Gasteiger partial charge in [0.15, 0.2) is 0 Å². The molecule has 0 aliphatic carbocycles. The van der Waals surface area contributed by atoms with E-state index >= 15 is 0 Å². The summed E-state index contributed by atoms with van der Waals surface area (Å²) in [6.45, 7) is 0.359. The smallest absolute Gasteiger partial charge is 0.251 e. The van der Waals surface area contributed by atoms with Crippen molar-refractivity contribution in [3.05, 3.63) is 41.7 Å². The van der Waals surface area contributed by atoms with Gasteiger partial charge in [0.2, 0.25) is 0 Å². The molecule has 3 aromatic rings. The molecule has 1 amide bonds. The van der Waals surface area contributed by atoms with Crippen molar-refractivity contribution in [1.82, 2.24) is 30.5 Å². The molecule has 114 valence electrons. The van der Waals surface area contributed by atoms with Crippen molar-refractivity contribution in [3.63, 3.8) is 0 Å². The molecule has 0 aliphatic heterocycles. The van der Waals surface area contributed by atoms with E-state index < -0.39 is 0 Å². The Morgan fingerprint density at radius 2 is 2.18 bits per heavy atom. The number of methoxy groups -OCH3 is 1. The number of aromatic amines is 1. The largest absolute Gasteiger partial charge is 0.382 e. The summed E-state index contributed by atoms with van der Waals surface area (Å²) in [6, 6.07) is 6.74. The topological polar surface area (TPSA) is 97.7 Å². The first-order valence-corrected chi connectivity index (χ1v) is 6.77. The first-order valence-electron chi connectivity index (χ1n) is 6.77. The summed E-state index contributed by atoms with van der Waals surface area (Å²) in [6.07, 6.45) is 1.69. The highest BCUT2D eigenvalue weighted by Gasteiger charge is 2.19. The van der Waals surface area contributed by atoms with Gasteiger partial charge in [0, 0.05) is 25.9 Å². The fourth-order valence-corrected chi connectivity index (χ4v) is 2.32. The molecule has 2 heterocycles. The Hall–Kier alpha value is -2.74. The number of benzene rings is 1. The zero-order valence-corrected chi connectivity index (χ0v) is 12.3. The fourth-order valence-electron chi connectivity index (χ4n) is 2.32. The lowest BCUT2D eigenvalue weighted by atomic mass is 10.1. The molecule has 0 fully saturated rings. The van der Waals surface area contributed by atoms with Crippen LogP contribution in [0, 0.1) is 0 Å². The van der Waals surface area contributed by atoms with Gasteiger partial charge in [0.1, 0.15) is 11.0 Å². The number of nitrogens with one attached hydrogen (secondary N) is 2. The third-order valence-electron chi connectivity index (χ3n) is 3.43. The maximum Gasteiger partial charge on any atom is 0.251 e. The van der Waals surface area contributed by atoms with Gasteiger partial charge < -0.3 is 10.1 Å². The SMILES string of the molecule is COC[C@H](NC(=O)c1ccc2n[nH]nc2c1)c1ccnn1C. The Morgan fingerprint density at radius 1 is 1.36 bits per heavy atom. The second kappa shape index (κ2) is 5.94. The highest BCUT2D eigenvalue weighted by Crippen LogP contribution is 2.15. The molecule has 0 unspecified atom stereocenters. The van der Waals surface area contributed by atoms with E-state index in [9.17, 15) is 4.79 Å². The Labute approximate surface area is 126 Å². The molecule has 2 N–H and O–H groups in total. The molecule has 0 bridgehead atoms. The van der Waals surface area contributed by atoms with Crippen LogP contribution in [0.1, 0.15) is 22.1 Å². The van der Waals surface area contributed by atoms with Crippen molar-refractivity contribution in [2.45, 2.75) is 6.04 Å². The zero-order valence-electron chi connectivity index (χ0n) is 12.3. The van der Waals surface area contributed by atoms with Crippen LogP contribution in [-0.4, -0.2) is 44.8 Å². The van der Waals surface area contributed by atoms with Crippen molar-refractivity contribution in [3.8, 4) is 0 Å². The van der Waals surface area contributed by atoms with Crippen LogP contribution in [0.5, 0.6) is 0 Å². The van der Waals surface area contributed by atoms with Crippen LogP contribution in [0.15, 0.2) is 30.5 Å². The number of H-pyrrole nitrogens is 1. The number of amides is 1. The third kappa shape index (κ3) is 2.68. The zero-order chi connectivity index (χ0) is 15.5. The summed E-state index contributed by atoms with van der Waals surface area (Å²) in [5, 5.41) is 17.6. The summed E-state index contributed by atoms with van der Waals surface area (Å²) in [5.41, 5.74) is 2.76. The molecular formula is C14H16N6O2. The van der Waals surface area contributed by atoms with E-state index in [1.807, 2.05) is 13.1 Å². The number of nitrogens with zero attached hydrogens (tertiary/aromatic N) is 4. The van der Waals surface area contributed by atoms with Crippen molar-refractivity contribution < 1.29 is 9.53 Å². The maximum atomic E-state index is 12.4. The predicted octanol–water partition coefficient (Wildman–Crippen LogP) is 0.809. The second-order valence-corrected chi connectivity index (χ2v) is 4.89. The summed E-state index contributed by atoms with van der Waals surface area (Å²) in [5.74, 6) is -0.201. The van der Waals surface area contributed by atoms with Crippen molar-refractivity contribution >= 4 is 16.9 Å². The first-order chi connectivity index (χ1) is 10.7. The van der Waals surface area contributed by atoms with E-state index in [4.69, 9.17) is 4.74 Å². The molecule has 1 aromatic carbocycles. The Bertz CT molecular complexity index is 793. The first kappa shape index (κ1) is 14.2. The molecule has 3 rings (SSSR count). The number of carbonyl (C=O) groups excluding carboxylic acids is 1. The lowest BCUT2D eigenvalue weighted by Gasteiger charge is -2.18. The molecule has 8 heteroatoms. The average Bonchev–Trinajstić information content (AvgIpc) is 3.14. The van der Waals surface area contributed by atoms with Crippen LogP contribution >= 0.6 is 0 Å². The van der Waals surface area contributed by atoms with Gasteiger partial charge in [-0.15, -0.1) is 0 Å². The molecule has 0 saturated carbocycles. The number of aromatic nitrogens is 5. The lowest BCUT2D eigenvalue weighted by molar-refractivity contribution is 0.0892.